The van der Waals surface area contributed by atoms with E-state index in [9.17, 15) is 9.59 Å². The molecule has 0 aliphatic carbocycles. The zero-order valence-electron chi connectivity index (χ0n) is 15.9. The first kappa shape index (κ1) is 20.9. The van der Waals surface area contributed by atoms with E-state index in [2.05, 4.69) is 22.9 Å². The first-order chi connectivity index (χ1) is 13.5. The van der Waals surface area contributed by atoms with E-state index in [1.807, 2.05) is 46.2 Å². The van der Waals surface area contributed by atoms with Gasteiger partial charge < -0.3 is 9.80 Å². The van der Waals surface area contributed by atoms with Gasteiger partial charge in [-0.15, -0.1) is 0 Å². The second-order valence-electron chi connectivity index (χ2n) is 7.01. The van der Waals surface area contributed by atoms with Crippen LogP contribution in [0.3, 0.4) is 0 Å². The first-order valence-electron chi connectivity index (χ1n) is 9.61. The molecule has 1 saturated heterocycles. The highest BCUT2D eigenvalue weighted by Gasteiger charge is 2.30. The second kappa shape index (κ2) is 9.57. The van der Waals surface area contributed by atoms with Crippen molar-refractivity contribution in [1.29, 1.82) is 0 Å². The highest BCUT2D eigenvalue weighted by atomic mass is 79.9. The van der Waals surface area contributed by atoms with Crippen LogP contribution in [0.5, 0.6) is 0 Å². The van der Waals surface area contributed by atoms with Crippen LogP contribution in [0, 0.1) is 0 Å². The van der Waals surface area contributed by atoms with E-state index < -0.39 is 0 Å². The lowest BCUT2D eigenvalue weighted by Gasteiger charge is -2.38. The van der Waals surface area contributed by atoms with Gasteiger partial charge in [0.15, 0.2) is 0 Å². The summed E-state index contributed by atoms with van der Waals surface area (Å²) in [5, 5.41) is 0.456. The summed E-state index contributed by atoms with van der Waals surface area (Å²) < 4.78 is 0.851. The molecule has 0 spiro atoms. The topological polar surface area (TPSA) is 40.6 Å². The Labute approximate surface area is 179 Å². The third-order valence-corrected chi connectivity index (χ3v) is 5.91. The van der Waals surface area contributed by atoms with Crippen molar-refractivity contribution in [3.8, 4) is 0 Å². The van der Waals surface area contributed by atoms with Crippen LogP contribution in [0.25, 0.3) is 0 Å². The van der Waals surface area contributed by atoms with Crippen molar-refractivity contribution in [2.45, 2.75) is 32.2 Å². The number of halogens is 2. The van der Waals surface area contributed by atoms with Crippen molar-refractivity contribution in [3.05, 3.63) is 69.2 Å². The van der Waals surface area contributed by atoms with Crippen molar-refractivity contribution >= 4 is 39.3 Å². The van der Waals surface area contributed by atoms with Crippen LogP contribution in [0.2, 0.25) is 5.02 Å². The van der Waals surface area contributed by atoms with Crippen LogP contribution in [-0.4, -0.2) is 47.3 Å². The van der Waals surface area contributed by atoms with E-state index in [1.165, 1.54) is 0 Å². The minimum Gasteiger partial charge on any atom is -0.338 e. The third-order valence-electron chi connectivity index (χ3n) is 5.10. The Morgan fingerprint density at radius 1 is 1.14 bits per heavy atom. The summed E-state index contributed by atoms with van der Waals surface area (Å²) in [5.74, 6) is 0.0237. The van der Waals surface area contributed by atoms with Crippen molar-refractivity contribution in [2.24, 2.45) is 0 Å². The monoisotopic (exact) mass is 462 g/mol. The Morgan fingerprint density at radius 3 is 2.43 bits per heavy atom. The van der Waals surface area contributed by atoms with Gasteiger partial charge in [-0.25, -0.2) is 0 Å². The number of carbonyl (C=O) groups is 2. The minimum absolute atomic E-state index is 0.0350. The number of amides is 2. The Morgan fingerprint density at radius 2 is 1.82 bits per heavy atom. The summed E-state index contributed by atoms with van der Waals surface area (Å²) in [5.41, 5.74) is 1.24. The van der Waals surface area contributed by atoms with E-state index in [1.54, 1.807) is 12.1 Å². The van der Waals surface area contributed by atoms with E-state index >= 15 is 0 Å². The molecule has 0 aromatic heterocycles. The molecule has 3 rings (SSSR count). The summed E-state index contributed by atoms with van der Waals surface area (Å²) >= 11 is 9.69. The molecule has 0 radical (unpaired) electrons. The summed E-state index contributed by atoms with van der Waals surface area (Å²) in [6.45, 7) is 4.06. The fourth-order valence-corrected chi connectivity index (χ4v) is 4.41. The normalized spacial score (nSPS) is 14.8. The highest BCUT2D eigenvalue weighted by Crippen LogP contribution is 2.26. The smallest absolute Gasteiger partial charge is 0.255 e. The quantitative estimate of drug-likeness (QED) is 0.607. The number of rotatable bonds is 5. The zero-order chi connectivity index (χ0) is 20.1. The minimum atomic E-state index is -0.0350. The number of likely N-dealkylation sites (tertiary alicyclic amines) is 1. The van der Waals surface area contributed by atoms with Crippen molar-refractivity contribution in [3.63, 3.8) is 0 Å². The lowest BCUT2D eigenvalue weighted by Crippen LogP contribution is -2.49. The van der Waals surface area contributed by atoms with Crippen LogP contribution in [0.15, 0.2) is 53.0 Å². The molecule has 1 aliphatic rings. The largest absolute Gasteiger partial charge is 0.338 e. The van der Waals surface area contributed by atoms with Crippen LogP contribution in [0.4, 0.5) is 0 Å². The molecular weight excluding hydrogens is 440 g/mol. The molecule has 6 heteroatoms. The van der Waals surface area contributed by atoms with Gasteiger partial charge in [-0.3, -0.25) is 9.59 Å². The molecule has 1 fully saturated rings. The van der Waals surface area contributed by atoms with E-state index in [-0.39, 0.29) is 17.9 Å². The van der Waals surface area contributed by atoms with E-state index in [4.69, 9.17) is 11.6 Å². The lowest BCUT2D eigenvalue weighted by atomic mass is 10.0. The van der Waals surface area contributed by atoms with Gasteiger partial charge in [0.2, 0.25) is 0 Å². The fraction of sp³-hybridized carbons (Fsp3) is 0.364. The number of benzene rings is 2. The van der Waals surface area contributed by atoms with Gasteiger partial charge in [0.1, 0.15) is 0 Å². The van der Waals surface area contributed by atoms with Crippen LogP contribution < -0.4 is 0 Å². The summed E-state index contributed by atoms with van der Waals surface area (Å²) in [7, 11) is 0. The van der Waals surface area contributed by atoms with Crippen molar-refractivity contribution in [1.82, 2.24) is 9.80 Å². The summed E-state index contributed by atoms with van der Waals surface area (Å²) in [4.78, 5) is 29.6. The van der Waals surface area contributed by atoms with Crippen molar-refractivity contribution in [2.75, 3.05) is 19.6 Å². The van der Waals surface area contributed by atoms with E-state index in [0.29, 0.717) is 35.8 Å². The maximum absolute atomic E-state index is 13.1. The molecule has 0 N–H and O–H groups in total. The average molecular weight is 464 g/mol. The summed E-state index contributed by atoms with van der Waals surface area (Å²) in [6.07, 6.45) is 2.43. The van der Waals surface area contributed by atoms with Gasteiger partial charge in [0.05, 0.1) is 10.6 Å². The molecule has 28 heavy (non-hydrogen) atoms. The summed E-state index contributed by atoms with van der Waals surface area (Å²) in [6, 6.07) is 14.8. The fourth-order valence-electron chi connectivity index (χ4n) is 3.65. The highest BCUT2D eigenvalue weighted by molar-refractivity contribution is 9.10. The Bertz CT molecular complexity index is 836. The number of piperidine rings is 1. The molecule has 0 saturated carbocycles. The SMILES string of the molecule is CCCN(C(=O)c1ccc(Br)cc1Cl)C1CCN(C(=O)c2ccccc2)CC1. The number of nitrogens with zero attached hydrogens (tertiary/aromatic N) is 2. The van der Waals surface area contributed by atoms with Gasteiger partial charge in [-0.2, -0.15) is 0 Å². The van der Waals surface area contributed by atoms with Crippen molar-refractivity contribution < 1.29 is 9.59 Å². The van der Waals surface area contributed by atoms with Gasteiger partial charge in [-0.1, -0.05) is 52.7 Å². The number of hydrogen-bond acceptors (Lipinski definition) is 2. The molecular formula is C22H24BrClN2O2. The Balaban J connectivity index is 1.69. The molecule has 1 aliphatic heterocycles. The van der Waals surface area contributed by atoms with Gasteiger partial charge in [-0.05, 0) is 49.6 Å². The van der Waals surface area contributed by atoms with E-state index in [0.717, 1.165) is 23.7 Å². The van der Waals surface area contributed by atoms with Crippen LogP contribution in [0.1, 0.15) is 46.9 Å². The average Bonchev–Trinajstić information content (AvgIpc) is 2.72. The molecule has 0 atom stereocenters. The molecule has 148 valence electrons. The predicted molar refractivity (Wildman–Crippen MR) is 116 cm³/mol. The Kier molecular flexibility index (Phi) is 7.13. The van der Waals surface area contributed by atoms with Crippen LogP contribution in [-0.2, 0) is 0 Å². The molecule has 2 aromatic rings. The molecule has 0 bridgehead atoms. The molecule has 2 amide bonds. The molecule has 0 unspecified atom stereocenters. The van der Waals surface area contributed by atoms with Gasteiger partial charge in [0.25, 0.3) is 11.8 Å². The third kappa shape index (κ3) is 4.76. The number of hydrogen-bond donors (Lipinski definition) is 0. The molecule has 2 aromatic carbocycles. The van der Waals surface area contributed by atoms with Gasteiger partial charge in [0, 0.05) is 35.7 Å². The zero-order valence-corrected chi connectivity index (χ0v) is 18.2. The standard InChI is InChI=1S/C22H24BrClN2O2/c1-2-12-26(22(28)19-9-8-17(23)15-20(19)24)18-10-13-25(14-11-18)21(27)16-6-4-3-5-7-16/h3-9,15,18H,2,10-14H2,1H3. The maximum atomic E-state index is 13.1. The molecule has 1 heterocycles. The number of carbonyl (C=O) groups excluding carboxylic acids is 2. The predicted octanol–water partition coefficient (Wildman–Crippen LogP) is 5.26. The van der Waals surface area contributed by atoms with Gasteiger partial charge >= 0.3 is 0 Å². The first-order valence-corrected chi connectivity index (χ1v) is 10.8. The lowest BCUT2D eigenvalue weighted by molar-refractivity contribution is 0.0519. The molecule has 4 nitrogen and oxygen atoms in total. The maximum Gasteiger partial charge on any atom is 0.255 e. The second-order valence-corrected chi connectivity index (χ2v) is 8.33. The Hall–Kier alpha value is -1.85. The van der Waals surface area contributed by atoms with Crippen LogP contribution >= 0.6 is 27.5 Å².